The lowest BCUT2D eigenvalue weighted by atomic mass is 9.99. The normalized spacial score (nSPS) is 19.3. The molecule has 7 heteroatoms. The molecular weight excluding hydrogens is 367 g/mol. The van der Waals surface area contributed by atoms with E-state index in [1.54, 1.807) is 13.0 Å². The number of hydrogen-bond acceptors (Lipinski definition) is 5. The number of aryl methyl sites for hydroxylation is 1. The zero-order valence-electron chi connectivity index (χ0n) is 15.4. The molecule has 3 rings (SSSR count). The highest BCUT2D eigenvalue weighted by Crippen LogP contribution is 2.40. The number of carbonyl (C=O) groups excluding carboxylic acids is 2. The van der Waals surface area contributed by atoms with Crippen LogP contribution in [-0.2, 0) is 9.59 Å². The molecule has 1 aliphatic rings. The van der Waals surface area contributed by atoms with E-state index >= 15 is 0 Å². The monoisotopic (exact) mass is 388 g/mol. The van der Waals surface area contributed by atoms with Gasteiger partial charge in [-0.05, 0) is 44.1 Å². The topological polar surface area (TPSA) is 60.9 Å². The summed E-state index contributed by atoms with van der Waals surface area (Å²) in [6, 6.07) is 7.25. The molecule has 1 amide bonds. The zero-order valence-corrected chi connectivity index (χ0v) is 16.2. The molecular formula is C20H21FN2O3S. The van der Waals surface area contributed by atoms with Gasteiger partial charge in [-0.25, -0.2) is 4.39 Å². The Bertz CT molecular complexity index is 906. The minimum absolute atomic E-state index is 0.00413. The Kier molecular flexibility index (Phi) is 5.43. The summed E-state index contributed by atoms with van der Waals surface area (Å²) in [5, 5.41) is 12.6. The molecule has 142 valence electrons. The van der Waals surface area contributed by atoms with E-state index in [0.717, 1.165) is 4.88 Å². The van der Waals surface area contributed by atoms with Crippen LogP contribution in [0.5, 0.6) is 0 Å². The van der Waals surface area contributed by atoms with Crippen LogP contribution in [0.3, 0.4) is 0 Å². The smallest absolute Gasteiger partial charge is 0.295 e. The number of hydrogen-bond donors (Lipinski definition) is 1. The minimum atomic E-state index is -0.745. The number of Topliss-reactive ketones (excluding diaryl/α,β-unsaturated/α-hetero) is 1. The molecule has 1 unspecified atom stereocenters. The number of rotatable bonds is 5. The molecule has 1 aliphatic heterocycles. The predicted molar refractivity (Wildman–Crippen MR) is 103 cm³/mol. The van der Waals surface area contributed by atoms with Crippen LogP contribution in [0.15, 0.2) is 41.3 Å². The number of aliphatic hydroxyl groups is 1. The Hall–Kier alpha value is -2.51. The van der Waals surface area contributed by atoms with Gasteiger partial charge in [0.25, 0.3) is 11.7 Å². The summed E-state index contributed by atoms with van der Waals surface area (Å²) in [5.74, 6) is -2.22. The lowest BCUT2D eigenvalue weighted by molar-refractivity contribution is -0.140. The molecule has 1 N–H and O–H groups in total. The first kappa shape index (κ1) is 19.3. The van der Waals surface area contributed by atoms with E-state index in [1.165, 1.54) is 28.4 Å². The molecule has 0 radical (unpaired) electrons. The molecule has 0 spiro atoms. The van der Waals surface area contributed by atoms with Crippen molar-refractivity contribution in [3.63, 3.8) is 0 Å². The van der Waals surface area contributed by atoms with Crippen molar-refractivity contribution in [3.05, 3.63) is 63.1 Å². The van der Waals surface area contributed by atoms with Gasteiger partial charge in [-0.3, -0.25) is 9.59 Å². The average Bonchev–Trinajstić information content (AvgIpc) is 3.23. The Labute approximate surface area is 161 Å². The van der Waals surface area contributed by atoms with Crippen LogP contribution in [0.25, 0.3) is 5.76 Å². The zero-order chi connectivity index (χ0) is 19.7. The third-order valence-electron chi connectivity index (χ3n) is 4.59. The summed E-state index contributed by atoms with van der Waals surface area (Å²) in [4.78, 5) is 29.5. The van der Waals surface area contributed by atoms with E-state index in [1.807, 2.05) is 36.5 Å². The molecule has 0 bridgehead atoms. The Morgan fingerprint density at radius 3 is 2.63 bits per heavy atom. The van der Waals surface area contributed by atoms with Gasteiger partial charge in [-0.2, -0.15) is 0 Å². The second-order valence-corrected chi connectivity index (χ2v) is 7.75. The number of benzene rings is 1. The summed E-state index contributed by atoms with van der Waals surface area (Å²) in [5.41, 5.74) is 0.627. The van der Waals surface area contributed by atoms with Gasteiger partial charge in [0.15, 0.2) is 0 Å². The van der Waals surface area contributed by atoms with Gasteiger partial charge < -0.3 is 14.9 Å². The molecule has 1 atom stereocenters. The van der Waals surface area contributed by atoms with Gasteiger partial charge >= 0.3 is 0 Å². The fourth-order valence-electron chi connectivity index (χ4n) is 3.06. The highest BCUT2D eigenvalue weighted by Gasteiger charge is 2.46. The van der Waals surface area contributed by atoms with Crippen molar-refractivity contribution in [1.82, 2.24) is 9.80 Å². The maximum atomic E-state index is 14.0. The van der Waals surface area contributed by atoms with Crippen molar-refractivity contribution in [3.8, 4) is 0 Å². The van der Waals surface area contributed by atoms with Crippen molar-refractivity contribution < 1.29 is 19.1 Å². The van der Waals surface area contributed by atoms with Gasteiger partial charge in [0.2, 0.25) is 0 Å². The second-order valence-electron chi connectivity index (χ2n) is 6.78. The number of likely N-dealkylation sites (tertiary alicyclic amines) is 1. The maximum absolute atomic E-state index is 14.0. The Morgan fingerprint density at radius 1 is 1.30 bits per heavy atom. The first-order chi connectivity index (χ1) is 12.8. The first-order valence-electron chi connectivity index (χ1n) is 8.54. The van der Waals surface area contributed by atoms with Crippen molar-refractivity contribution in [2.24, 2.45) is 0 Å². The van der Waals surface area contributed by atoms with Gasteiger partial charge in [-0.15, -0.1) is 11.3 Å². The quantitative estimate of drug-likeness (QED) is 0.486. The molecule has 2 aromatic rings. The molecule has 1 aromatic heterocycles. The summed E-state index contributed by atoms with van der Waals surface area (Å²) < 4.78 is 14.0. The van der Waals surface area contributed by atoms with E-state index in [-0.39, 0.29) is 16.9 Å². The van der Waals surface area contributed by atoms with Gasteiger partial charge in [0.05, 0.1) is 11.6 Å². The number of amides is 1. The van der Waals surface area contributed by atoms with Crippen LogP contribution in [0, 0.1) is 12.7 Å². The van der Waals surface area contributed by atoms with Crippen LogP contribution >= 0.6 is 11.3 Å². The number of likely N-dealkylation sites (N-methyl/N-ethyl adjacent to an activating group) is 1. The van der Waals surface area contributed by atoms with Gasteiger partial charge in [0, 0.05) is 23.5 Å². The highest BCUT2D eigenvalue weighted by atomic mass is 32.1. The van der Waals surface area contributed by atoms with Crippen molar-refractivity contribution in [2.75, 3.05) is 27.2 Å². The van der Waals surface area contributed by atoms with Crippen molar-refractivity contribution in [2.45, 2.75) is 13.0 Å². The molecule has 1 aromatic carbocycles. The molecule has 27 heavy (non-hydrogen) atoms. The van der Waals surface area contributed by atoms with Crippen LogP contribution < -0.4 is 0 Å². The summed E-state index contributed by atoms with van der Waals surface area (Å²) in [7, 11) is 3.76. The lowest BCUT2D eigenvalue weighted by Crippen LogP contribution is -2.35. The fraction of sp³-hybridized carbons (Fsp3) is 0.300. The van der Waals surface area contributed by atoms with Gasteiger partial charge in [-0.1, -0.05) is 18.2 Å². The van der Waals surface area contributed by atoms with E-state index in [9.17, 15) is 19.1 Å². The Morgan fingerprint density at radius 2 is 2.04 bits per heavy atom. The third-order valence-corrected chi connectivity index (χ3v) is 5.51. The average molecular weight is 388 g/mol. The standard InChI is InChI=1S/C20H21FN2O3S/c1-12-6-7-13(11-14(12)21)18(24)16-17(15-5-4-10-27-15)23(9-8-22(2)3)20(26)19(16)25/h4-7,10-11,17,24H,8-9H2,1-3H3/b18-16-. The molecule has 1 saturated heterocycles. The second kappa shape index (κ2) is 7.62. The van der Waals surface area contributed by atoms with E-state index in [2.05, 4.69) is 0 Å². The SMILES string of the molecule is Cc1ccc(/C(O)=C2/C(=O)C(=O)N(CCN(C)C)C2c2cccs2)cc1F. The van der Waals surface area contributed by atoms with Crippen molar-refractivity contribution in [1.29, 1.82) is 0 Å². The third kappa shape index (κ3) is 3.65. The lowest BCUT2D eigenvalue weighted by Gasteiger charge is -2.25. The Balaban J connectivity index is 2.12. The highest BCUT2D eigenvalue weighted by molar-refractivity contribution is 7.10. The number of aliphatic hydroxyl groups excluding tert-OH is 1. The van der Waals surface area contributed by atoms with Gasteiger partial charge in [0.1, 0.15) is 11.6 Å². The fourth-order valence-corrected chi connectivity index (χ4v) is 3.90. The van der Waals surface area contributed by atoms with E-state index < -0.39 is 23.5 Å². The van der Waals surface area contributed by atoms with Crippen LogP contribution in [0.2, 0.25) is 0 Å². The number of nitrogens with zero attached hydrogens (tertiary/aromatic N) is 2. The number of carbonyl (C=O) groups is 2. The number of halogens is 1. The van der Waals surface area contributed by atoms with E-state index in [4.69, 9.17) is 0 Å². The van der Waals surface area contributed by atoms with Crippen LogP contribution in [-0.4, -0.2) is 53.8 Å². The van der Waals surface area contributed by atoms with E-state index in [0.29, 0.717) is 18.7 Å². The maximum Gasteiger partial charge on any atom is 0.295 e. The summed E-state index contributed by atoms with van der Waals surface area (Å²) >= 11 is 1.41. The number of ketones is 1. The number of thiophene rings is 1. The van der Waals surface area contributed by atoms with Crippen LogP contribution in [0.1, 0.15) is 22.0 Å². The molecule has 2 heterocycles. The molecule has 0 saturated carbocycles. The van der Waals surface area contributed by atoms with Crippen LogP contribution in [0.4, 0.5) is 4.39 Å². The largest absolute Gasteiger partial charge is 0.507 e. The summed E-state index contributed by atoms with van der Waals surface area (Å²) in [6.07, 6.45) is 0. The molecule has 5 nitrogen and oxygen atoms in total. The van der Waals surface area contributed by atoms with Crippen molar-refractivity contribution >= 4 is 28.8 Å². The predicted octanol–water partition coefficient (Wildman–Crippen LogP) is 3.18. The molecule has 1 fully saturated rings. The molecule has 0 aliphatic carbocycles. The summed E-state index contributed by atoms with van der Waals surface area (Å²) in [6.45, 7) is 2.54. The minimum Gasteiger partial charge on any atom is -0.507 e. The first-order valence-corrected chi connectivity index (χ1v) is 9.42.